The number of nitrogens with zero attached hydrogens (tertiary/aromatic N) is 1. The number of benzene rings is 1. The van der Waals surface area contributed by atoms with E-state index in [1.807, 2.05) is 12.1 Å². The van der Waals surface area contributed by atoms with Gasteiger partial charge >= 0.3 is 11.9 Å². The van der Waals surface area contributed by atoms with E-state index in [-0.39, 0.29) is 28.9 Å². The highest BCUT2D eigenvalue weighted by Gasteiger charge is 2.19. The Morgan fingerprint density at radius 1 is 0.897 bits per heavy atom. The van der Waals surface area contributed by atoms with Gasteiger partial charge in [0.1, 0.15) is 22.2 Å². The summed E-state index contributed by atoms with van der Waals surface area (Å²) in [7, 11) is -0.235. The Balaban J connectivity index is 1.77. The summed E-state index contributed by atoms with van der Waals surface area (Å²) < 4.78 is 36.8. The van der Waals surface area contributed by atoms with Crippen molar-refractivity contribution in [1.82, 2.24) is 4.98 Å². The molecular weight excluding hydrogens is 522 g/mol. The van der Waals surface area contributed by atoms with Crippen molar-refractivity contribution in [2.45, 2.75) is 69.2 Å². The maximum Gasteiger partial charge on any atom is 0.328 e. The molecule has 0 amide bonds. The van der Waals surface area contributed by atoms with Gasteiger partial charge in [-0.25, -0.2) is 9.78 Å². The van der Waals surface area contributed by atoms with Crippen LogP contribution in [0.1, 0.15) is 69.0 Å². The van der Waals surface area contributed by atoms with Gasteiger partial charge in [-0.05, 0) is 68.0 Å². The largest absolute Gasteiger partial charge is 0.497 e. The van der Waals surface area contributed by atoms with Crippen LogP contribution in [0.2, 0.25) is 0 Å². The van der Waals surface area contributed by atoms with E-state index in [0.29, 0.717) is 25.2 Å². The minimum Gasteiger partial charge on any atom is -0.497 e. The summed E-state index contributed by atoms with van der Waals surface area (Å²) in [5.74, 6) is -0.194. The molecule has 2 aromatic rings. The van der Waals surface area contributed by atoms with Crippen molar-refractivity contribution >= 4 is 28.6 Å². The van der Waals surface area contributed by atoms with Gasteiger partial charge in [-0.1, -0.05) is 37.8 Å². The molecule has 9 nitrogen and oxygen atoms in total. The number of carboxylic acid groups (broad SMARTS) is 1. The number of carbonyl (C=O) groups excluding carboxylic acids is 1. The molecule has 3 N–H and O–H groups in total. The molecule has 0 aliphatic heterocycles. The van der Waals surface area contributed by atoms with E-state index in [1.54, 1.807) is 13.2 Å². The van der Waals surface area contributed by atoms with Gasteiger partial charge in [0, 0.05) is 18.2 Å². The molecule has 2 rings (SSSR count). The van der Waals surface area contributed by atoms with E-state index in [0.717, 1.165) is 56.8 Å². The van der Waals surface area contributed by atoms with Gasteiger partial charge in [0.25, 0.3) is 0 Å². The predicted octanol–water partition coefficient (Wildman–Crippen LogP) is 6.60. The molecule has 0 atom stereocenters. The van der Waals surface area contributed by atoms with Gasteiger partial charge in [-0.15, -0.1) is 0 Å². The normalized spacial score (nSPS) is 11.9. The molecule has 0 aliphatic rings. The predicted molar refractivity (Wildman–Crippen MR) is 153 cm³/mol. The standard InChI is InChI=1S/C29H41NO8S/c1-36-24-15-13-23(14-16-24)11-7-5-3-4-6-9-21-38-26-18-19-27(30-25(26)17-20-28(31)32)39(34,35)22-10-8-12-29(33)37-2/h13-20,34-35H,3-12,21-22H2,1-2H3,(H,31,32). The summed E-state index contributed by atoms with van der Waals surface area (Å²) in [5.41, 5.74) is 1.54. The average Bonchev–Trinajstić information content (AvgIpc) is 2.93. The number of carboxylic acids is 1. The highest BCUT2D eigenvalue weighted by Crippen LogP contribution is 2.48. The van der Waals surface area contributed by atoms with Crippen LogP contribution in [0.5, 0.6) is 11.5 Å². The molecule has 1 aromatic carbocycles. The minimum absolute atomic E-state index is 0.0411. The lowest BCUT2D eigenvalue weighted by atomic mass is 10.0. The van der Waals surface area contributed by atoms with Crippen molar-refractivity contribution in [1.29, 1.82) is 0 Å². The molecule has 1 aromatic heterocycles. The highest BCUT2D eigenvalue weighted by atomic mass is 32.3. The van der Waals surface area contributed by atoms with Crippen LogP contribution in [0, 0.1) is 0 Å². The Labute approximate surface area is 232 Å². The number of esters is 1. The number of hydrogen-bond acceptors (Lipinski definition) is 8. The number of pyridine rings is 1. The first kappa shape index (κ1) is 32.1. The molecule has 0 radical (unpaired) electrons. The van der Waals surface area contributed by atoms with Crippen molar-refractivity contribution in [3.05, 3.63) is 53.7 Å². The Bertz CT molecular complexity index is 1060. The quantitative estimate of drug-likeness (QED) is 0.0980. The van der Waals surface area contributed by atoms with Gasteiger partial charge in [0.05, 0.1) is 20.8 Å². The van der Waals surface area contributed by atoms with E-state index in [4.69, 9.17) is 14.6 Å². The van der Waals surface area contributed by atoms with E-state index in [9.17, 15) is 18.7 Å². The Morgan fingerprint density at radius 3 is 2.26 bits per heavy atom. The number of carbonyl (C=O) groups is 2. The molecule has 0 saturated heterocycles. The first-order valence-electron chi connectivity index (χ1n) is 13.3. The van der Waals surface area contributed by atoms with Gasteiger partial charge < -0.3 is 19.3 Å². The van der Waals surface area contributed by atoms with Gasteiger partial charge in [0.2, 0.25) is 0 Å². The van der Waals surface area contributed by atoms with E-state index < -0.39 is 16.6 Å². The summed E-state index contributed by atoms with van der Waals surface area (Å²) in [4.78, 5) is 26.6. The number of unbranched alkanes of at least 4 members (excludes halogenated alkanes) is 6. The third-order valence-electron chi connectivity index (χ3n) is 6.14. The second-order valence-electron chi connectivity index (χ2n) is 9.18. The monoisotopic (exact) mass is 563 g/mol. The fourth-order valence-electron chi connectivity index (χ4n) is 3.91. The van der Waals surface area contributed by atoms with E-state index >= 15 is 0 Å². The molecule has 0 unspecified atom stereocenters. The van der Waals surface area contributed by atoms with Crippen molar-refractivity contribution in [3.8, 4) is 11.5 Å². The molecular formula is C29H41NO8S. The lowest BCUT2D eigenvalue weighted by Crippen LogP contribution is -2.09. The molecule has 0 aliphatic carbocycles. The Morgan fingerprint density at radius 2 is 1.59 bits per heavy atom. The van der Waals surface area contributed by atoms with Crippen molar-refractivity contribution in [2.24, 2.45) is 0 Å². The molecule has 0 spiro atoms. The average molecular weight is 564 g/mol. The summed E-state index contributed by atoms with van der Waals surface area (Å²) in [6.45, 7) is 0.449. The lowest BCUT2D eigenvalue weighted by molar-refractivity contribution is -0.140. The topological polar surface area (TPSA) is 135 Å². The minimum atomic E-state index is -3.21. The zero-order chi connectivity index (χ0) is 28.5. The van der Waals surface area contributed by atoms with Crippen LogP contribution < -0.4 is 9.47 Å². The Hall–Kier alpha value is -3.08. The summed E-state index contributed by atoms with van der Waals surface area (Å²) in [6.07, 6.45) is 10.8. The summed E-state index contributed by atoms with van der Waals surface area (Å²) in [5, 5.41) is 9.09. The second kappa shape index (κ2) is 17.5. The number of hydrogen-bond donors (Lipinski definition) is 3. The number of aryl methyl sites for hydroxylation is 1. The first-order valence-corrected chi connectivity index (χ1v) is 15.0. The fourth-order valence-corrected chi connectivity index (χ4v) is 5.26. The highest BCUT2D eigenvalue weighted by molar-refractivity contribution is 8.24. The van der Waals surface area contributed by atoms with Gasteiger partial charge in [0.15, 0.2) is 0 Å². The number of methoxy groups -OCH3 is 2. The number of aromatic nitrogens is 1. The molecule has 1 heterocycles. The molecule has 0 saturated carbocycles. The number of aliphatic carboxylic acids is 1. The summed E-state index contributed by atoms with van der Waals surface area (Å²) in [6, 6.07) is 11.3. The van der Waals surface area contributed by atoms with E-state index in [2.05, 4.69) is 21.9 Å². The van der Waals surface area contributed by atoms with Crippen LogP contribution in [-0.2, 0) is 20.7 Å². The van der Waals surface area contributed by atoms with Crippen molar-refractivity contribution in [2.75, 3.05) is 26.6 Å². The van der Waals surface area contributed by atoms with Crippen LogP contribution in [0.3, 0.4) is 0 Å². The third-order valence-corrected chi connectivity index (χ3v) is 7.90. The smallest absolute Gasteiger partial charge is 0.328 e. The second-order valence-corrected chi connectivity index (χ2v) is 11.3. The zero-order valence-corrected chi connectivity index (χ0v) is 23.7. The number of rotatable bonds is 19. The molecule has 0 fully saturated rings. The van der Waals surface area contributed by atoms with Crippen molar-refractivity contribution < 1.29 is 38.0 Å². The Kier molecular flexibility index (Phi) is 14.4. The molecule has 0 bridgehead atoms. The zero-order valence-electron chi connectivity index (χ0n) is 22.8. The lowest BCUT2D eigenvalue weighted by Gasteiger charge is -2.31. The maximum absolute atomic E-state index is 11.2. The first-order chi connectivity index (χ1) is 18.7. The van der Waals surface area contributed by atoms with Crippen LogP contribution in [0.15, 0.2) is 47.5 Å². The van der Waals surface area contributed by atoms with E-state index in [1.165, 1.54) is 24.8 Å². The van der Waals surface area contributed by atoms with Crippen LogP contribution in [0.4, 0.5) is 0 Å². The van der Waals surface area contributed by atoms with Gasteiger partial charge in [-0.3, -0.25) is 13.9 Å². The van der Waals surface area contributed by atoms with Crippen LogP contribution in [0.25, 0.3) is 6.08 Å². The maximum atomic E-state index is 11.2. The molecule has 10 heteroatoms. The fraction of sp³-hybridized carbons (Fsp3) is 0.483. The molecule has 216 valence electrons. The van der Waals surface area contributed by atoms with Crippen LogP contribution in [-0.4, -0.2) is 57.7 Å². The van der Waals surface area contributed by atoms with Crippen LogP contribution >= 0.6 is 10.6 Å². The van der Waals surface area contributed by atoms with Gasteiger partial charge in [-0.2, -0.15) is 10.6 Å². The summed E-state index contributed by atoms with van der Waals surface area (Å²) >= 11 is 0. The van der Waals surface area contributed by atoms with Crippen molar-refractivity contribution in [3.63, 3.8) is 0 Å². The SMILES string of the molecule is COC(=O)CCCCS(O)(O)c1ccc(OCCCCCCCCc2ccc(OC)cc2)c(C=CC(=O)O)n1. The number of ether oxygens (including phenoxy) is 3. The molecule has 39 heavy (non-hydrogen) atoms. The third kappa shape index (κ3) is 12.5.